The third-order valence-corrected chi connectivity index (χ3v) is 0.985. The second kappa shape index (κ2) is 2.86. The third-order valence-electron chi connectivity index (χ3n) is 0.985. The summed E-state index contributed by atoms with van der Waals surface area (Å²) in [6, 6.07) is 0. The number of rotatable bonds is 2. The van der Waals surface area contributed by atoms with Gasteiger partial charge in [0.15, 0.2) is 0 Å². The summed E-state index contributed by atoms with van der Waals surface area (Å²) in [5, 5.41) is 10.4. The van der Waals surface area contributed by atoms with E-state index in [0.717, 1.165) is 5.69 Å². The highest BCUT2D eigenvalue weighted by Gasteiger charge is 1.95. The van der Waals surface area contributed by atoms with Gasteiger partial charge in [-0.05, 0) is 0 Å². The lowest BCUT2D eigenvalue weighted by Crippen LogP contribution is -2.19. The number of hydrogen-bond donors (Lipinski definition) is 3. The van der Waals surface area contributed by atoms with Crippen molar-refractivity contribution in [2.75, 3.05) is 0 Å². The minimum Gasteiger partial charge on any atom is -0.465 e. The van der Waals surface area contributed by atoms with E-state index in [1.165, 1.54) is 6.33 Å². The van der Waals surface area contributed by atoms with Crippen LogP contribution in [0, 0.1) is 0 Å². The van der Waals surface area contributed by atoms with E-state index in [9.17, 15) is 4.79 Å². The van der Waals surface area contributed by atoms with Gasteiger partial charge in [-0.2, -0.15) is 0 Å². The summed E-state index contributed by atoms with van der Waals surface area (Å²) in [4.78, 5) is 16.4. The largest absolute Gasteiger partial charge is 0.465 e. The van der Waals surface area contributed by atoms with E-state index in [2.05, 4.69) is 15.3 Å². The minimum absolute atomic E-state index is 0.273. The number of nitrogens with zero attached hydrogens (tertiary/aromatic N) is 1. The lowest BCUT2D eigenvalue weighted by atomic mass is 10.5. The fourth-order valence-electron chi connectivity index (χ4n) is 0.552. The molecule has 0 atom stereocenters. The first-order valence-corrected chi connectivity index (χ1v) is 2.73. The van der Waals surface area contributed by atoms with Crippen molar-refractivity contribution in [2.24, 2.45) is 0 Å². The van der Waals surface area contributed by atoms with Crippen LogP contribution in [0.4, 0.5) is 4.79 Å². The number of imidazole rings is 1. The van der Waals surface area contributed by atoms with Gasteiger partial charge in [-0.25, -0.2) is 9.78 Å². The lowest BCUT2D eigenvalue weighted by molar-refractivity contribution is 0.194. The number of amides is 1. The maximum absolute atomic E-state index is 9.95. The van der Waals surface area contributed by atoms with Crippen LogP contribution in [0.2, 0.25) is 0 Å². The van der Waals surface area contributed by atoms with Crippen LogP contribution in [-0.4, -0.2) is 21.2 Å². The Kier molecular flexibility index (Phi) is 1.89. The highest BCUT2D eigenvalue weighted by Crippen LogP contribution is 1.87. The molecule has 54 valence electrons. The second-order valence-corrected chi connectivity index (χ2v) is 1.74. The number of hydrogen-bond acceptors (Lipinski definition) is 2. The van der Waals surface area contributed by atoms with Crippen molar-refractivity contribution in [3.8, 4) is 0 Å². The van der Waals surface area contributed by atoms with E-state index in [1.807, 2.05) is 0 Å². The fraction of sp³-hybridized carbons (Fsp3) is 0.200. The van der Waals surface area contributed by atoms with E-state index < -0.39 is 6.09 Å². The number of nitrogens with one attached hydrogen (secondary N) is 2. The van der Waals surface area contributed by atoms with Crippen LogP contribution in [-0.2, 0) is 6.54 Å². The van der Waals surface area contributed by atoms with Crippen LogP contribution < -0.4 is 5.32 Å². The van der Waals surface area contributed by atoms with Crippen LogP contribution in [0.1, 0.15) is 5.69 Å². The van der Waals surface area contributed by atoms with E-state index in [4.69, 9.17) is 5.11 Å². The van der Waals surface area contributed by atoms with Crippen molar-refractivity contribution in [1.82, 2.24) is 15.3 Å². The summed E-state index contributed by atoms with van der Waals surface area (Å²) < 4.78 is 0. The molecule has 1 rings (SSSR count). The second-order valence-electron chi connectivity index (χ2n) is 1.74. The molecule has 0 fully saturated rings. The number of H-pyrrole nitrogens is 1. The molecule has 10 heavy (non-hydrogen) atoms. The smallest absolute Gasteiger partial charge is 0.404 e. The molecule has 1 aromatic rings. The summed E-state index contributed by atoms with van der Waals surface area (Å²) in [5.74, 6) is 0. The van der Waals surface area contributed by atoms with Gasteiger partial charge in [0.2, 0.25) is 0 Å². The molecule has 0 aromatic carbocycles. The molecule has 1 heterocycles. The van der Waals surface area contributed by atoms with Gasteiger partial charge in [-0.15, -0.1) is 0 Å². The Morgan fingerprint density at radius 1 is 1.90 bits per heavy atom. The van der Waals surface area contributed by atoms with Crippen molar-refractivity contribution in [1.29, 1.82) is 0 Å². The SMILES string of the molecule is O=C(O)NCc1cnc[nH]1. The van der Waals surface area contributed by atoms with Crippen LogP contribution in [0.5, 0.6) is 0 Å². The predicted octanol–water partition coefficient (Wildman–Crippen LogP) is 0.177. The fourth-order valence-corrected chi connectivity index (χ4v) is 0.552. The van der Waals surface area contributed by atoms with Gasteiger partial charge >= 0.3 is 6.09 Å². The average molecular weight is 141 g/mol. The van der Waals surface area contributed by atoms with Crippen molar-refractivity contribution < 1.29 is 9.90 Å². The molecule has 1 amide bonds. The lowest BCUT2D eigenvalue weighted by Gasteiger charge is -1.94. The van der Waals surface area contributed by atoms with Crippen LogP contribution in [0.25, 0.3) is 0 Å². The van der Waals surface area contributed by atoms with Gasteiger partial charge in [-0.1, -0.05) is 0 Å². The van der Waals surface area contributed by atoms with Gasteiger partial charge in [0.1, 0.15) is 0 Å². The number of aromatic amines is 1. The Bertz CT molecular complexity index is 207. The normalized spacial score (nSPS) is 9.20. The van der Waals surface area contributed by atoms with Crippen LogP contribution in [0.15, 0.2) is 12.5 Å². The summed E-state index contributed by atoms with van der Waals surface area (Å²) in [5.41, 5.74) is 0.752. The zero-order valence-electron chi connectivity index (χ0n) is 5.16. The molecule has 1 aromatic heterocycles. The highest BCUT2D eigenvalue weighted by molar-refractivity contribution is 5.64. The standard InChI is InChI=1S/C5H7N3O2/c9-5(10)7-2-4-1-6-3-8-4/h1,3,7H,2H2,(H,6,8)(H,9,10). The van der Waals surface area contributed by atoms with Crippen molar-refractivity contribution >= 4 is 6.09 Å². The quantitative estimate of drug-likeness (QED) is 0.549. The molecule has 5 heteroatoms. The van der Waals surface area contributed by atoms with Crippen molar-refractivity contribution in [2.45, 2.75) is 6.54 Å². The summed E-state index contributed by atoms with van der Waals surface area (Å²) in [6.07, 6.45) is 2.03. The number of aromatic nitrogens is 2. The first-order chi connectivity index (χ1) is 4.79. The van der Waals surface area contributed by atoms with E-state index >= 15 is 0 Å². The average Bonchev–Trinajstić information content (AvgIpc) is 2.34. The molecule has 0 aliphatic rings. The summed E-state index contributed by atoms with van der Waals surface area (Å²) >= 11 is 0. The molecular formula is C5H7N3O2. The number of carbonyl (C=O) groups is 1. The van der Waals surface area contributed by atoms with E-state index in [0.29, 0.717) is 0 Å². The van der Waals surface area contributed by atoms with Gasteiger partial charge in [0, 0.05) is 6.20 Å². The molecule has 0 unspecified atom stereocenters. The zero-order valence-corrected chi connectivity index (χ0v) is 5.16. The van der Waals surface area contributed by atoms with Crippen LogP contribution in [0.3, 0.4) is 0 Å². The summed E-state index contributed by atoms with van der Waals surface area (Å²) in [7, 11) is 0. The molecule has 0 radical (unpaired) electrons. The Balaban J connectivity index is 2.35. The molecular weight excluding hydrogens is 134 g/mol. The Morgan fingerprint density at radius 2 is 2.70 bits per heavy atom. The first kappa shape index (κ1) is 6.60. The first-order valence-electron chi connectivity index (χ1n) is 2.73. The highest BCUT2D eigenvalue weighted by atomic mass is 16.4. The molecule has 0 spiro atoms. The van der Waals surface area contributed by atoms with Crippen molar-refractivity contribution in [3.05, 3.63) is 18.2 Å². The van der Waals surface area contributed by atoms with Gasteiger partial charge < -0.3 is 15.4 Å². The van der Waals surface area contributed by atoms with E-state index in [1.54, 1.807) is 6.20 Å². The number of carboxylic acid groups (broad SMARTS) is 1. The van der Waals surface area contributed by atoms with Gasteiger partial charge in [0.05, 0.1) is 18.6 Å². The molecule has 0 saturated carbocycles. The monoisotopic (exact) mass is 141 g/mol. The molecule has 0 aliphatic heterocycles. The van der Waals surface area contributed by atoms with Gasteiger partial charge in [-0.3, -0.25) is 0 Å². The maximum atomic E-state index is 9.95. The Hall–Kier alpha value is -1.52. The molecule has 3 N–H and O–H groups in total. The Morgan fingerprint density at radius 3 is 3.20 bits per heavy atom. The van der Waals surface area contributed by atoms with Crippen LogP contribution >= 0.6 is 0 Å². The zero-order chi connectivity index (χ0) is 7.40. The van der Waals surface area contributed by atoms with E-state index in [-0.39, 0.29) is 6.54 Å². The van der Waals surface area contributed by atoms with Crippen molar-refractivity contribution in [3.63, 3.8) is 0 Å². The third kappa shape index (κ3) is 1.77. The summed E-state index contributed by atoms with van der Waals surface area (Å²) in [6.45, 7) is 0.273. The van der Waals surface area contributed by atoms with Gasteiger partial charge in [0.25, 0.3) is 0 Å². The molecule has 5 nitrogen and oxygen atoms in total. The minimum atomic E-state index is -1.03. The molecule has 0 saturated heterocycles. The maximum Gasteiger partial charge on any atom is 0.404 e. The molecule has 0 bridgehead atoms. The molecule has 0 aliphatic carbocycles. The predicted molar refractivity (Wildman–Crippen MR) is 33.5 cm³/mol. The Labute approximate surface area is 57.1 Å². The topological polar surface area (TPSA) is 78.0 Å².